The number of rotatable bonds is 0. The first kappa shape index (κ1) is 14.7. The quantitative estimate of drug-likeness (QED) is 0.648. The van der Waals surface area contributed by atoms with Crippen LogP contribution in [-0.2, 0) is 28.4 Å². The summed E-state index contributed by atoms with van der Waals surface area (Å²) in [4.78, 5) is 0. The van der Waals surface area contributed by atoms with Crippen LogP contribution in [0.5, 0.6) is 0 Å². The highest BCUT2D eigenvalue weighted by Gasteiger charge is 1.90. The van der Waals surface area contributed by atoms with Gasteiger partial charge in [-0.3, -0.25) is 0 Å². The van der Waals surface area contributed by atoms with E-state index in [0.29, 0.717) is 52.9 Å². The lowest BCUT2D eigenvalue weighted by Crippen LogP contribution is -2.08. The number of ether oxygens (including phenoxy) is 6. The molecule has 0 aromatic carbocycles. The molecule has 0 atom stereocenters. The summed E-state index contributed by atoms with van der Waals surface area (Å²) in [5.41, 5.74) is 0. The predicted molar refractivity (Wildman–Crippen MR) is 63.7 cm³/mol. The van der Waals surface area contributed by atoms with E-state index in [1.807, 2.05) is 0 Å². The van der Waals surface area contributed by atoms with E-state index in [1.165, 1.54) is 25.0 Å². The van der Waals surface area contributed by atoms with Crippen molar-refractivity contribution >= 4 is 0 Å². The third-order valence-corrected chi connectivity index (χ3v) is 1.88. The number of hydrogen-bond donors (Lipinski definition) is 0. The molecule has 0 radical (unpaired) electrons. The van der Waals surface area contributed by atoms with Gasteiger partial charge < -0.3 is 28.4 Å². The third kappa shape index (κ3) is 9.80. The van der Waals surface area contributed by atoms with Gasteiger partial charge in [-0.15, -0.1) is 0 Å². The fourth-order valence-corrected chi connectivity index (χ4v) is 1.06. The van der Waals surface area contributed by atoms with Crippen LogP contribution in [0.25, 0.3) is 0 Å². The second-order valence-electron chi connectivity index (χ2n) is 3.25. The van der Waals surface area contributed by atoms with Crippen LogP contribution in [0.3, 0.4) is 0 Å². The van der Waals surface area contributed by atoms with Crippen molar-refractivity contribution in [2.75, 3.05) is 52.9 Å². The first-order chi connectivity index (χ1) is 9.00. The largest absolute Gasteiger partial charge is 0.496 e. The molecule has 1 aliphatic heterocycles. The van der Waals surface area contributed by atoms with Crippen molar-refractivity contribution in [2.24, 2.45) is 0 Å². The highest BCUT2D eigenvalue weighted by atomic mass is 16.6. The second-order valence-corrected chi connectivity index (χ2v) is 3.25. The Labute approximate surface area is 107 Å². The van der Waals surface area contributed by atoms with Crippen LogP contribution in [0.15, 0.2) is 25.0 Å². The Morgan fingerprint density at radius 2 is 0.667 bits per heavy atom. The van der Waals surface area contributed by atoms with E-state index in [2.05, 4.69) is 0 Å². The molecule has 18 heavy (non-hydrogen) atoms. The van der Waals surface area contributed by atoms with Gasteiger partial charge in [0.05, 0.1) is 26.4 Å². The SMILES string of the molecule is C1=COCCOCCO/C=C\OCCOCCO1. The van der Waals surface area contributed by atoms with Gasteiger partial charge in [0, 0.05) is 0 Å². The summed E-state index contributed by atoms with van der Waals surface area (Å²) in [7, 11) is 0. The highest BCUT2D eigenvalue weighted by Crippen LogP contribution is 1.87. The molecule has 0 saturated heterocycles. The molecular weight excluding hydrogens is 240 g/mol. The lowest BCUT2D eigenvalue weighted by molar-refractivity contribution is 0.0405. The van der Waals surface area contributed by atoms with Crippen molar-refractivity contribution in [2.45, 2.75) is 0 Å². The van der Waals surface area contributed by atoms with Crippen molar-refractivity contribution in [3.05, 3.63) is 25.0 Å². The molecule has 0 saturated carbocycles. The molecule has 1 rings (SSSR count). The smallest absolute Gasteiger partial charge is 0.117 e. The summed E-state index contributed by atoms with van der Waals surface area (Å²) in [5, 5.41) is 0. The van der Waals surface area contributed by atoms with E-state index in [1.54, 1.807) is 0 Å². The monoisotopic (exact) mass is 260 g/mol. The molecule has 0 unspecified atom stereocenters. The Balaban J connectivity index is 2.12. The van der Waals surface area contributed by atoms with Crippen LogP contribution in [0, 0.1) is 0 Å². The van der Waals surface area contributed by atoms with E-state index >= 15 is 0 Å². The fourth-order valence-electron chi connectivity index (χ4n) is 1.06. The maximum absolute atomic E-state index is 5.26. The van der Waals surface area contributed by atoms with Crippen molar-refractivity contribution < 1.29 is 28.4 Å². The van der Waals surface area contributed by atoms with E-state index in [0.717, 1.165) is 0 Å². The average Bonchev–Trinajstić information content (AvgIpc) is 2.39. The molecule has 1 aliphatic rings. The Morgan fingerprint density at radius 1 is 0.389 bits per heavy atom. The molecule has 6 nitrogen and oxygen atoms in total. The van der Waals surface area contributed by atoms with Gasteiger partial charge in [0.1, 0.15) is 51.5 Å². The van der Waals surface area contributed by atoms with E-state index < -0.39 is 0 Å². The molecule has 1 heterocycles. The summed E-state index contributed by atoms with van der Waals surface area (Å²) < 4.78 is 31.1. The lowest BCUT2D eigenvalue weighted by atomic mass is 10.7. The molecular formula is C12H20O6. The zero-order valence-electron chi connectivity index (χ0n) is 10.4. The van der Waals surface area contributed by atoms with Gasteiger partial charge in [0.25, 0.3) is 0 Å². The van der Waals surface area contributed by atoms with Crippen LogP contribution in [0.1, 0.15) is 0 Å². The normalized spacial score (nSPS) is 22.2. The van der Waals surface area contributed by atoms with Crippen LogP contribution in [0.4, 0.5) is 0 Å². The van der Waals surface area contributed by atoms with E-state index in [9.17, 15) is 0 Å². The molecule has 0 amide bonds. The first-order valence-electron chi connectivity index (χ1n) is 5.92. The zero-order chi connectivity index (χ0) is 12.7. The van der Waals surface area contributed by atoms with Crippen molar-refractivity contribution in [3.63, 3.8) is 0 Å². The molecule has 0 aromatic rings. The maximum Gasteiger partial charge on any atom is 0.117 e. The Bertz CT molecular complexity index is 185. The van der Waals surface area contributed by atoms with Crippen LogP contribution in [0.2, 0.25) is 0 Å². The minimum Gasteiger partial charge on any atom is -0.496 e. The molecule has 0 N–H and O–H groups in total. The standard InChI is InChI=1S/C12H20O6/c1-2-14-5-6-16-9-10-18-12-11-17-8-7-15-4-3-13-1/h1-2,11-12H,3-10H2/b2-1-,12-11?. The summed E-state index contributed by atoms with van der Waals surface area (Å²) >= 11 is 0. The Kier molecular flexibility index (Phi) is 9.83. The van der Waals surface area contributed by atoms with Crippen molar-refractivity contribution in [1.29, 1.82) is 0 Å². The zero-order valence-corrected chi connectivity index (χ0v) is 10.4. The molecule has 0 spiro atoms. The predicted octanol–water partition coefficient (Wildman–Crippen LogP) is 1.04. The molecule has 104 valence electrons. The highest BCUT2D eigenvalue weighted by molar-refractivity contribution is 4.62. The summed E-state index contributed by atoms with van der Waals surface area (Å²) in [5.74, 6) is 0. The van der Waals surface area contributed by atoms with Crippen LogP contribution >= 0.6 is 0 Å². The molecule has 0 aliphatic carbocycles. The third-order valence-electron chi connectivity index (χ3n) is 1.88. The summed E-state index contributed by atoms with van der Waals surface area (Å²) in [6, 6.07) is 0. The van der Waals surface area contributed by atoms with Gasteiger partial charge >= 0.3 is 0 Å². The minimum atomic E-state index is 0.481. The van der Waals surface area contributed by atoms with E-state index in [4.69, 9.17) is 28.4 Å². The van der Waals surface area contributed by atoms with Crippen molar-refractivity contribution in [3.8, 4) is 0 Å². The molecule has 0 bridgehead atoms. The Morgan fingerprint density at radius 3 is 0.944 bits per heavy atom. The Hall–Kier alpha value is -1.40. The summed E-state index contributed by atoms with van der Waals surface area (Å²) in [6.07, 6.45) is 5.98. The topological polar surface area (TPSA) is 55.4 Å². The fraction of sp³-hybridized carbons (Fsp3) is 0.667. The van der Waals surface area contributed by atoms with Gasteiger partial charge in [-0.05, 0) is 0 Å². The van der Waals surface area contributed by atoms with Gasteiger partial charge in [0.2, 0.25) is 0 Å². The van der Waals surface area contributed by atoms with Gasteiger partial charge in [-0.1, -0.05) is 0 Å². The van der Waals surface area contributed by atoms with Crippen molar-refractivity contribution in [1.82, 2.24) is 0 Å². The minimum absolute atomic E-state index is 0.481. The number of hydrogen-bond acceptors (Lipinski definition) is 6. The van der Waals surface area contributed by atoms with E-state index in [-0.39, 0.29) is 0 Å². The molecule has 0 aromatic heterocycles. The summed E-state index contributed by atoms with van der Waals surface area (Å²) in [6.45, 7) is 3.97. The van der Waals surface area contributed by atoms with Crippen LogP contribution in [-0.4, -0.2) is 52.9 Å². The maximum atomic E-state index is 5.26. The van der Waals surface area contributed by atoms with Crippen LogP contribution < -0.4 is 0 Å². The molecule has 6 heteroatoms. The van der Waals surface area contributed by atoms with Gasteiger partial charge in [-0.25, -0.2) is 0 Å². The average molecular weight is 260 g/mol. The second kappa shape index (κ2) is 12.1. The molecule has 0 fully saturated rings. The lowest BCUT2D eigenvalue weighted by Gasteiger charge is -2.06. The van der Waals surface area contributed by atoms with Gasteiger partial charge in [-0.2, -0.15) is 0 Å². The first-order valence-corrected chi connectivity index (χ1v) is 5.92. The van der Waals surface area contributed by atoms with Gasteiger partial charge in [0.15, 0.2) is 0 Å².